The number of β-amino-alcohol motifs (C(OH)–C–C–N with tert-alkyl or cyclic N) is 1. The van der Waals surface area contributed by atoms with E-state index < -0.39 is 0 Å². The number of nitrogens with one attached hydrogen (secondary N) is 1. The second kappa shape index (κ2) is 3.74. The van der Waals surface area contributed by atoms with E-state index in [4.69, 9.17) is 0 Å². The second-order valence-corrected chi connectivity index (χ2v) is 7.07. The molecule has 0 aromatic carbocycles. The van der Waals surface area contributed by atoms with Crippen molar-refractivity contribution in [3.05, 3.63) is 0 Å². The normalized spacial score (nSPS) is 27.8. The Morgan fingerprint density at radius 3 is 1.80 bits per heavy atom. The summed E-state index contributed by atoms with van der Waals surface area (Å²) in [6, 6.07) is 0. The molecule has 1 atom stereocenters. The molecule has 1 saturated heterocycles. The van der Waals surface area contributed by atoms with E-state index in [0.29, 0.717) is 0 Å². The number of rotatable bonds is 0. The van der Waals surface area contributed by atoms with E-state index in [1.807, 2.05) is 0 Å². The number of aliphatic hydroxyl groups excluding tert-OH is 1. The van der Waals surface area contributed by atoms with Crippen molar-refractivity contribution in [1.82, 2.24) is 5.32 Å². The molecule has 90 valence electrons. The first-order chi connectivity index (χ1) is 6.60. The lowest BCUT2D eigenvalue weighted by Gasteiger charge is -2.57. The third kappa shape index (κ3) is 2.21. The number of piperidine rings is 1. The zero-order valence-electron chi connectivity index (χ0n) is 11.1. The molecule has 0 aromatic rings. The van der Waals surface area contributed by atoms with E-state index in [2.05, 4.69) is 46.9 Å². The molecule has 2 N–H and O–H groups in total. The fourth-order valence-electron chi connectivity index (χ4n) is 3.27. The smallest absolute Gasteiger partial charge is 0.0670 e. The van der Waals surface area contributed by atoms with Crippen LogP contribution in [0.1, 0.15) is 48.0 Å². The lowest BCUT2D eigenvalue weighted by atomic mass is 9.51. The Labute approximate surface area is 94.5 Å². The summed E-state index contributed by atoms with van der Waals surface area (Å²) in [7, 11) is 0. The largest absolute Gasteiger partial charge is 0.392 e. The summed E-state index contributed by atoms with van der Waals surface area (Å²) >= 11 is 0. The van der Waals surface area contributed by atoms with Crippen LogP contribution in [-0.4, -0.2) is 24.3 Å². The van der Waals surface area contributed by atoms with Gasteiger partial charge < -0.3 is 10.4 Å². The molecule has 1 rings (SSSR count). The van der Waals surface area contributed by atoms with Gasteiger partial charge in [-0.05, 0) is 22.7 Å². The Bertz CT molecular complexity index is 208. The Kier molecular flexibility index (Phi) is 3.24. The number of hydrogen-bond acceptors (Lipinski definition) is 2. The SMILES string of the molecule is CC(C)(C)C1(C(C)(C)C)CNCC(O)C1. The third-order valence-corrected chi connectivity index (χ3v) is 4.26. The molecule has 1 unspecified atom stereocenters. The minimum Gasteiger partial charge on any atom is -0.392 e. The highest BCUT2D eigenvalue weighted by Crippen LogP contribution is 2.54. The third-order valence-electron chi connectivity index (χ3n) is 4.26. The molecule has 1 heterocycles. The summed E-state index contributed by atoms with van der Waals surface area (Å²) < 4.78 is 0. The lowest BCUT2D eigenvalue weighted by molar-refractivity contribution is -0.0874. The average Bonchev–Trinajstić information content (AvgIpc) is 1.99. The summed E-state index contributed by atoms with van der Waals surface area (Å²) in [6.07, 6.45) is 0.713. The van der Waals surface area contributed by atoms with Gasteiger partial charge in [-0.25, -0.2) is 0 Å². The van der Waals surface area contributed by atoms with Gasteiger partial charge in [-0.15, -0.1) is 0 Å². The van der Waals surface area contributed by atoms with E-state index in [1.165, 1.54) is 0 Å². The summed E-state index contributed by atoms with van der Waals surface area (Å²) in [6.45, 7) is 15.5. The van der Waals surface area contributed by atoms with Crippen LogP contribution in [0.25, 0.3) is 0 Å². The quantitative estimate of drug-likeness (QED) is 0.648. The number of hydrogen-bond donors (Lipinski definition) is 2. The van der Waals surface area contributed by atoms with E-state index in [-0.39, 0.29) is 22.3 Å². The van der Waals surface area contributed by atoms with Crippen LogP contribution < -0.4 is 5.32 Å². The van der Waals surface area contributed by atoms with Crippen molar-refractivity contribution in [3.63, 3.8) is 0 Å². The van der Waals surface area contributed by atoms with Crippen molar-refractivity contribution in [1.29, 1.82) is 0 Å². The Balaban J connectivity index is 3.07. The minimum absolute atomic E-state index is 0.164. The number of aliphatic hydroxyl groups is 1. The Hall–Kier alpha value is -0.0800. The van der Waals surface area contributed by atoms with Gasteiger partial charge in [0.05, 0.1) is 6.10 Å². The van der Waals surface area contributed by atoms with Crippen molar-refractivity contribution < 1.29 is 5.11 Å². The van der Waals surface area contributed by atoms with Crippen LogP contribution >= 0.6 is 0 Å². The molecular weight excluding hydrogens is 186 g/mol. The Morgan fingerprint density at radius 2 is 1.53 bits per heavy atom. The van der Waals surface area contributed by atoms with Crippen molar-refractivity contribution in [3.8, 4) is 0 Å². The highest BCUT2D eigenvalue weighted by molar-refractivity contribution is 5.03. The molecule has 0 saturated carbocycles. The predicted octanol–water partition coefficient (Wildman–Crippen LogP) is 2.42. The van der Waals surface area contributed by atoms with Crippen molar-refractivity contribution >= 4 is 0 Å². The van der Waals surface area contributed by atoms with Gasteiger partial charge in [0.15, 0.2) is 0 Å². The van der Waals surface area contributed by atoms with Crippen molar-refractivity contribution in [2.75, 3.05) is 13.1 Å². The summed E-state index contributed by atoms with van der Waals surface area (Å²) in [5.74, 6) is 0. The van der Waals surface area contributed by atoms with Crippen LogP contribution in [0.5, 0.6) is 0 Å². The fraction of sp³-hybridized carbons (Fsp3) is 1.00. The molecule has 0 aliphatic carbocycles. The topological polar surface area (TPSA) is 32.3 Å². The summed E-state index contributed by atoms with van der Waals surface area (Å²) in [5, 5.41) is 13.3. The maximum absolute atomic E-state index is 9.91. The minimum atomic E-state index is -0.197. The molecule has 0 radical (unpaired) electrons. The molecule has 2 nitrogen and oxygen atoms in total. The highest BCUT2D eigenvalue weighted by atomic mass is 16.3. The molecule has 2 heteroatoms. The molecule has 0 amide bonds. The van der Waals surface area contributed by atoms with Crippen LogP contribution in [0.2, 0.25) is 0 Å². The Morgan fingerprint density at radius 1 is 1.07 bits per heavy atom. The maximum atomic E-state index is 9.91. The van der Waals surface area contributed by atoms with Crippen LogP contribution in [-0.2, 0) is 0 Å². The summed E-state index contributed by atoms with van der Waals surface area (Å²) in [4.78, 5) is 0. The van der Waals surface area contributed by atoms with Crippen molar-refractivity contribution in [2.24, 2.45) is 16.2 Å². The van der Waals surface area contributed by atoms with Crippen LogP contribution in [0.15, 0.2) is 0 Å². The van der Waals surface area contributed by atoms with Gasteiger partial charge in [0.2, 0.25) is 0 Å². The standard InChI is InChI=1S/C13H27NO/c1-11(2,3)13(12(4,5)6)7-10(15)8-14-9-13/h10,14-15H,7-9H2,1-6H3. The molecular formula is C13H27NO. The lowest BCUT2D eigenvalue weighted by Crippen LogP contribution is -2.59. The maximum Gasteiger partial charge on any atom is 0.0670 e. The van der Waals surface area contributed by atoms with Crippen molar-refractivity contribution in [2.45, 2.75) is 54.1 Å². The van der Waals surface area contributed by atoms with Gasteiger partial charge in [-0.1, -0.05) is 41.5 Å². The van der Waals surface area contributed by atoms with Gasteiger partial charge >= 0.3 is 0 Å². The summed E-state index contributed by atoms with van der Waals surface area (Å²) in [5.41, 5.74) is 0.580. The van der Waals surface area contributed by atoms with Crippen LogP contribution in [0.4, 0.5) is 0 Å². The molecule has 1 aliphatic heterocycles. The van der Waals surface area contributed by atoms with Crippen LogP contribution in [0, 0.1) is 16.2 Å². The molecule has 0 aromatic heterocycles. The van der Waals surface area contributed by atoms with Gasteiger partial charge in [0, 0.05) is 13.1 Å². The first-order valence-corrected chi connectivity index (χ1v) is 5.99. The van der Waals surface area contributed by atoms with Gasteiger partial charge in [-0.2, -0.15) is 0 Å². The zero-order valence-corrected chi connectivity index (χ0v) is 11.1. The molecule has 15 heavy (non-hydrogen) atoms. The molecule has 1 aliphatic rings. The van der Waals surface area contributed by atoms with Crippen LogP contribution in [0.3, 0.4) is 0 Å². The highest BCUT2D eigenvalue weighted by Gasteiger charge is 2.52. The van der Waals surface area contributed by atoms with E-state index in [9.17, 15) is 5.11 Å². The van der Waals surface area contributed by atoms with Gasteiger partial charge in [0.25, 0.3) is 0 Å². The molecule has 0 bridgehead atoms. The second-order valence-electron chi connectivity index (χ2n) is 7.07. The fourth-order valence-corrected chi connectivity index (χ4v) is 3.27. The van der Waals surface area contributed by atoms with E-state index >= 15 is 0 Å². The van der Waals surface area contributed by atoms with Gasteiger partial charge in [0.1, 0.15) is 0 Å². The molecule has 1 fully saturated rings. The van der Waals surface area contributed by atoms with E-state index in [0.717, 1.165) is 19.5 Å². The predicted molar refractivity (Wildman–Crippen MR) is 64.8 cm³/mol. The zero-order chi connectivity index (χ0) is 11.9. The average molecular weight is 213 g/mol. The first-order valence-electron chi connectivity index (χ1n) is 5.99. The molecule has 0 spiro atoms. The monoisotopic (exact) mass is 213 g/mol. The van der Waals surface area contributed by atoms with E-state index in [1.54, 1.807) is 0 Å². The van der Waals surface area contributed by atoms with Gasteiger partial charge in [-0.3, -0.25) is 0 Å². The first kappa shape index (κ1) is 13.0.